The Labute approximate surface area is 233 Å². The van der Waals surface area contributed by atoms with Crippen molar-refractivity contribution in [3.63, 3.8) is 0 Å². The molecule has 2 amide bonds. The van der Waals surface area contributed by atoms with Crippen molar-refractivity contribution < 1.29 is 22.8 Å². The largest absolute Gasteiger partial charge is 0.433 e. The van der Waals surface area contributed by atoms with E-state index in [1.165, 1.54) is 29.8 Å². The summed E-state index contributed by atoms with van der Waals surface area (Å²) in [6, 6.07) is 10.3. The van der Waals surface area contributed by atoms with Gasteiger partial charge in [0.15, 0.2) is 5.82 Å². The van der Waals surface area contributed by atoms with Crippen LogP contribution < -0.4 is 10.6 Å². The van der Waals surface area contributed by atoms with E-state index in [0.29, 0.717) is 49.0 Å². The van der Waals surface area contributed by atoms with E-state index < -0.39 is 11.9 Å². The Balaban J connectivity index is 0.00000189. The van der Waals surface area contributed by atoms with Crippen LogP contribution in [0.2, 0.25) is 0 Å². The number of piperazine rings is 1. The molecule has 14 heteroatoms. The van der Waals surface area contributed by atoms with E-state index in [1.807, 2.05) is 4.90 Å². The molecule has 0 aliphatic carbocycles. The second-order valence-electron chi connectivity index (χ2n) is 8.91. The standard InChI is InChI=1S/C25H24F3N9O2.C2H2/c1-16(38)36-12-10-35(11-13-36)15-22(39)32-21-14-17(7-8-29-21)30-24-19-5-3-9-37(19)34-23(33-24)18-4-2-6-20(31-18)25(26,27)28;1-2/h2-9,14H,10-13,15H2,1H3,(H2,29,30,32,33,34,39);1-2H. The van der Waals surface area contributed by atoms with Crippen LogP contribution in [-0.2, 0) is 15.8 Å². The fraction of sp³-hybridized carbons (Fsp3) is 0.259. The molecule has 0 saturated carbocycles. The Hall–Kier alpha value is -5.03. The number of aromatic nitrogens is 5. The van der Waals surface area contributed by atoms with Gasteiger partial charge in [0.1, 0.15) is 22.7 Å². The normalized spacial score (nSPS) is 13.8. The van der Waals surface area contributed by atoms with Crippen LogP contribution in [-0.4, -0.2) is 78.9 Å². The van der Waals surface area contributed by atoms with Crippen molar-refractivity contribution in [3.8, 4) is 24.4 Å². The lowest BCUT2D eigenvalue weighted by molar-refractivity contribution is -0.141. The Bertz CT molecular complexity index is 1560. The molecule has 0 aromatic carbocycles. The number of fused-ring (bicyclic) bond motifs is 1. The molecule has 1 fully saturated rings. The van der Waals surface area contributed by atoms with Gasteiger partial charge in [0, 0.05) is 57.3 Å². The quantitative estimate of drug-likeness (QED) is 0.342. The summed E-state index contributed by atoms with van der Waals surface area (Å²) in [5.74, 6) is 0.417. The van der Waals surface area contributed by atoms with Crippen LogP contribution in [0.5, 0.6) is 0 Å². The summed E-state index contributed by atoms with van der Waals surface area (Å²) in [5.41, 5.74) is 0.0502. The molecule has 1 saturated heterocycles. The van der Waals surface area contributed by atoms with Gasteiger partial charge in [0.25, 0.3) is 0 Å². The second kappa shape index (κ2) is 12.4. The highest BCUT2D eigenvalue weighted by Crippen LogP contribution is 2.29. The SMILES string of the molecule is C#C.CC(=O)N1CCN(CC(=O)Nc2cc(Nc3nc(-c4cccc(C(F)(F)F)n4)nn4cccc34)ccn2)CC1. The third-order valence-corrected chi connectivity index (χ3v) is 6.13. The molecule has 5 heterocycles. The lowest BCUT2D eigenvalue weighted by Gasteiger charge is -2.33. The molecule has 0 bridgehead atoms. The molecule has 0 spiro atoms. The number of carbonyl (C=O) groups excluding carboxylic acids is 2. The maximum absolute atomic E-state index is 13.2. The van der Waals surface area contributed by atoms with E-state index in [4.69, 9.17) is 0 Å². The summed E-state index contributed by atoms with van der Waals surface area (Å²) in [6.07, 6.45) is 6.55. The van der Waals surface area contributed by atoms with Gasteiger partial charge >= 0.3 is 6.18 Å². The molecular weight excluding hydrogens is 539 g/mol. The van der Waals surface area contributed by atoms with E-state index in [2.05, 4.69) is 43.5 Å². The first kappa shape index (κ1) is 29.0. The molecule has 4 aromatic rings. The number of nitrogens with zero attached hydrogens (tertiary/aromatic N) is 7. The lowest BCUT2D eigenvalue weighted by Crippen LogP contribution is -2.49. The number of rotatable bonds is 6. The third-order valence-electron chi connectivity index (χ3n) is 6.13. The summed E-state index contributed by atoms with van der Waals surface area (Å²) < 4.78 is 41.0. The molecule has 11 nitrogen and oxygen atoms in total. The summed E-state index contributed by atoms with van der Waals surface area (Å²) in [5, 5.41) is 10.2. The zero-order valence-corrected chi connectivity index (χ0v) is 22.0. The number of anilines is 3. The highest BCUT2D eigenvalue weighted by molar-refractivity contribution is 5.92. The first-order chi connectivity index (χ1) is 19.7. The molecule has 41 heavy (non-hydrogen) atoms. The maximum Gasteiger partial charge on any atom is 0.433 e. The van der Waals surface area contributed by atoms with Crippen LogP contribution in [0.15, 0.2) is 54.9 Å². The fourth-order valence-corrected chi connectivity index (χ4v) is 4.17. The minimum Gasteiger partial charge on any atom is -0.340 e. The van der Waals surface area contributed by atoms with Gasteiger partial charge in [-0.05, 0) is 30.3 Å². The van der Waals surface area contributed by atoms with Crippen LogP contribution in [0.25, 0.3) is 17.0 Å². The number of nitrogens with one attached hydrogen (secondary N) is 2. The van der Waals surface area contributed by atoms with Crippen molar-refractivity contribution >= 4 is 34.7 Å². The first-order valence-corrected chi connectivity index (χ1v) is 12.4. The van der Waals surface area contributed by atoms with Gasteiger partial charge < -0.3 is 15.5 Å². The number of hydrogen-bond acceptors (Lipinski definition) is 8. The van der Waals surface area contributed by atoms with E-state index in [0.717, 1.165) is 6.07 Å². The topological polar surface area (TPSA) is 121 Å². The first-order valence-electron chi connectivity index (χ1n) is 12.4. The van der Waals surface area contributed by atoms with E-state index in [9.17, 15) is 22.8 Å². The van der Waals surface area contributed by atoms with E-state index in [-0.39, 0.29) is 29.9 Å². The third kappa shape index (κ3) is 7.14. The van der Waals surface area contributed by atoms with Crippen molar-refractivity contribution in [1.29, 1.82) is 0 Å². The molecule has 5 rings (SSSR count). The van der Waals surface area contributed by atoms with Gasteiger partial charge in [-0.1, -0.05) is 6.07 Å². The van der Waals surface area contributed by atoms with Gasteiger partial charge in [-0.25, -0.2) is 19.5 Å². The van der Waals surface area contributed by atoms with Crippen molar-refractivity contribution in [3.05, 3.63) is 60.6 Å². The highest BCUT2D eigenvalue weighted by atomic mass is 19.4. The number of carbonyl (C=O) groups is 2. The summed E-state index contributed by atoms with van der Waals surface area (Å²) in [6.45, 7) is 4.05. The molecule has 2 N–H and O–H groups in total. The Morgan fingerprint density at radius 3 is 2.49 bits per heavy atom. The Morgan fingerprint density at radius 2 is 1.78 bits per heavy atom. The number of amides is 2. The number of hydrogen-bond donors (Lipinski definition) is 2. The summed E-state index contributed by atoms with van der Waals surface area (Å²) in [4.78, 5) is 40.1. The average molecular weight is 566 g/mol. The van der Waals surface area contributed by atoms with Crippen LogP contribution in [0, 0.1) is 12.8 Å². The van der Waals surface area contributed by atoms with Crippen molar-refractivity contribution in [1.82, 2.24) is 34.4 Å². The van der Waals surface area contributed by atoms with Crippen molar-refractivity contribution in [2.45, 2.75) is 13.1 Å². The summed E-state index contributed by atoms with van der Waals surface area (Å²) >= 11 is 0. The predicted molar refractivity (Wildman–Crippen MR) is 146 cm³/mol. The fourth-order valence-electron chi connectivity index (χ4n) is 4.17. The molecule has 212 valence electrons. The Kier molecular flexibility index (Phi) is 8.78. The van der Waals surface area contributed by atoms with Crippen molar-refractivity contribution in [2.24, 2.45) is 0 Å². The minimum absolute atomic E-state index is 0.000229. The number of terminal acetylenes is 1. The molecule has 4 aromatic heterocycles. The molecule has 1 aliphatic rings. The van der Waals surface area contributed by atoms with E-state index >= 15 is 0 Å². The van der Waals surface area contributed by atoms with E-state index in [1.54, 1.807) is 35.4 Å². The molecule has 0 unspecified atom stereocenters. The second-order valence-corrected chi connectivity index (χ2v) is 8.91. The molecular formula is C27H26F3N9O2. The zero-order valence-electron chi connectivity index (χ0n) is 22.0. The number of alkyl halides is 3. The van der Waals surface area contributed by atoms with Gasteiger partial charge in [-0.15, -0.1) is 17.9 Å². The highest BCUT2D eigenvalue weighted by Gasteiger charge is 2.32. The smallest absolute Gasteiger partial charge is 0.340 e. The summed E-state index contributed by atoms with van der Waals surface area (Å²) in [7, 11) is 0. The van der Waals surface area contributed by atoms with Gasteiger partial charge in [0.2, 0.25) is 17.6 Å². The van der Waals surface area contributed by atoms with Crippen LogP contribution in [0.3, 0.4) is 0 Å². The average Bonchev–Trinajstić information content (AvgIpc) is 3.43. The maximum atomic E-state index is 13.2. The molecule has 0 atom stereocenters. The van der Waals surface area contributed by atoms with Crippen LogP contribution in [0.4, 0.5) is 30.5 Å². The Morgan fingerprint density at radius 1 is 1.02 bits per heavy atom. The van der Waals surface area contributed by atoms with Crippen molar-refractivity contribution in [2.75, 3.05) is 43.4 Å². The lowest BCUT2D eigenvalue weighted by atomic mass is 10.3. The van der Waals surface area contributed by atoms with Gasteiger partial charge in [-0.3, -0.25) is 14.5 Å². The van der Waals surface area contributed by atoms with Crippen LogP contribution in [0.1, 0.15) is 12.6 Å². The van der Waals surface area contributed by atoms with Gasteiger partial charge in [-0.2, -0.15) is 13.2 Å². The van der Waals surface area contributed by atoms with Crippen LogP contribution >= 0.6 is 0 Å². The zero-order chi connectivity index (χ0) is 29.6. The molecule has 1 aliphatic heterocycles. The molecule has 0 radical (unpaired) electrons. The predicted octanol–water partition coefficient (Wildman–Crippen LogP) is 3.30. The monoisotopic (exact) mass is 565 g/mol. The number of pyridine rings is 2. The van der Waals surface area contributed by atoms with Gasteiger partial charge in [0.05, 0.1) is 6.54 Å². The minimum atomic E-state index is -4.60. The number of halogens is 3.